The molecule has 6 heteroatoms. The van der Waals surface area contributed by atoms with Crippen molar-refractivity contribution < 1.29 is 9.53 Å². The van der Waals surface area contributed by atoms with Crippen molar-refractivity contribution in [3.63, 3.8) is 0 Å². The monoisotopic (exact) mass is 362 g/mol. The minimum absolute atomic E-state index is 0. The van der Waals surface area contributed by atoms with Crippen LogP contribution in [0.4, 0.5) is 0 Å². The van der Waals surface area contributed by atoms with E-state index in [1.54, 1.807) is 7.11 Å². The normalized spacial score (nSPS) is 13.3. The fourth-order valence-corrected chi connectivity index (χ4v) is 2.37. The van der Waals surface area contributed by atoms with Crippen molar-refractivity contribution in [2.24, 2.45) is 11.7 Å². The molecule has 0 aliphatic rings. The van der Waals surface area contributed by atoms with E-state index in [0.717, 1.165) is 18.4 Å². The van der Waals surface area contributed by atoms with Crippen LogP contribution < -0.4 is 11.1 Å². The first-order chi connectivity index (χ1) is 10.5. The lowest BCUT2D eigenvalue weighted by molar-refractivity contribution is -0.124. The van der Waals surface area contributed by atoms with Gasteiger partial charge in [0.1, 0.15) is 0 Å². The number of ether oxygens (including phenoxy) is 1. The molecule has 0 radical (unpaired) electrons. The molecule has 2 unspecified atom stereocenters. The van der Waals surface area contributed by atoms with Crippen LogP contribution in [0.2, 0.25) is 5.02 Å². The van der Waals surface area contributed by atoms with Crippen LogP contribution in [0.5, 0.6) is 0 Å². The summed E-state index contributed by atoms with van der Waals surface area (Å²) < 4.78 is 5.17. The third kappa shape index (κ3) is 8.56. The van der Waals surface area contributed by atoms with Crippen molar-refractivity contribution in [3.05, 3.63) is 34.9 Å². The number of amides is 1. The lowest BCUT2D eigenvalue weighted by Crippen LogP contribution is -2.34. The summed E-state index contributed by atoms with van der Waals surface area (Å²) in [6.45, 7) is 4.69. The van der Waals surface area contributed by atoms with E-state index >= 15 is 0 Å². The third-order valence-electron chi connectivity index (χ3n) is 3.65. The lowest BCUT2D eigenvalue weighted by Gasteiger charge is -2.22. The van der Waals surface area contributed by atoms with Crippen molar-refractivity contribution in [2.75, 3.05) is 13.7 Å². The number of hydrogen-bond donors (Lipinski definition) is 2. The van der Waals surface area contributed by atoms with Gasteiger partial charge in [0.25, 0.3) is 0 Å². The van der Waals surface area contributed by atoms with Gasteiger partial charge in [-0.05, 0) is 36.5 Å². The van der Waals surface area contributed by atoms with E-state index in [4.69, 9.17) is 22.1 Å². The van der Waals surface area contributed by atoms with Crippen LogP contribution in [0.3, 0.4) is 0 Å². The van der Waals surface area contributed by atoms with Crippen LogP contribution in [0.15, 0.2) is 24.3 Å². The first kappa shape index (κ1) is 22.2. The van der Waals surface area contributed by atoms with Crippen LogP contribution >= 0.6 is 24.0 Å². The van der Waals surface area contributed by atoms with E-state index in [1.165, 1.54) is 0 Å². The fourth-order valence-electron chi connectivity index (χ4n) is 2.24. The van der Waals surface area contributed by atoms with Crippen LogP contribution in [-0.2, 0) is 9.53 Å². The van der Waals surface area contributed by atoms with Gasteiger partial charge in [-0.25, -0.2) is 0 Å². The van der Waals surface area contributed by atoms with Gasteiger partial charge in [-0.3, -0.25) is 4.79 Å². The van der Waals surface area contributed by atoms with Crippen LogP contribution in [0.1, 0.15) is 44.7 Å². The van der Waals surface area contributed by atoms with Crippen molar-refractivity contribution in [3.8, 4) is 0 Å². The molecule has 0 saturated heterocycles. The second-order valence-electron chi connectivity index (χ2n) is 5.94. The van der Waals surface area contributed by atoms with Crippen LogP contribution in [-0.4, -0.2) is 25.7 Å². The van der Waals surface area contributed by atoms with Gasteiger partial charge in [0.15, 0.2) is 0 Å². The summed E-state index contributed by atoms with van der Waals surface area (Å²) in [5, 5.41) is 3.78. The summed E-state index contributed by atoms with van der Waals surface area (Å²) in [6, 6.07) is 7.61. The van der Waals surface area contributed by atoms with Gasteiger partial charge < -0.3 is 15.8 Å². The molecule has 1 rings (SSSR count). The van der Waals surface area contributed by atoms with E-state index in [9.17, 15) is 4.79 Å². The fraction of sp³-hybridized carbons (Fsp3) is 0.588. The Hall–Kier alpha value is -0.810. The summed E-state index contributed by atoms with van der Waals surface area (Å²) in [5.41, 5.74) is 6.64. The SMILES string of the molecule is COC(CN)CC(=O)NC(CCC(C)C)c1ccc(Cl)cc1.Cl. The minimum atomic E-state index is -0.240. The number of nitrogens with one attached hydrogen (secondary N) is 1. The number of methoxy groups -OCH3 is 1. The average Bonchev–Trinajstić information content (AvgIpc) is 2.49. The molecular weight excluding hydrogens is 335 g/mol. The lowest BCUT2D eigenvalue weighted by atomic mass is 9.97. The molecule has 0 spiro atoms. The molecule has 1 aromatic carbocycles. The van der Waals surface area contributed by atoms with Crippen molar-refractivity contribution in [2.45, 2.75) is 45.3 Å². The highest BCUT2D eigenvalue weighted by molar-refractivity contribution is 6.30. The van der Waals surface area contributed by atoms with Crippen molar-refractivity contribution in [1.82, 2.24) is 5.32 Å². The molecule has 0 aliphatic heterocycles. The number of hydrogen-bond acceptors (Lipinski definition) is 3. The van der Waals surface area contributed by atoms with Gasteiger partial charge >= 0.3 is 0 Å². The zero-order valence-corrected chi connectivity index (χ0v) is 15.6. The van der Waals surface area contributed by atoms with Crippen LogP contribution in [0, 0.1) is 5.92 Å². The third-order valence-corrected chi connectivity index (χ3v) is 3.90. The van der Waals surface area contributed by atoms with Gasteiger partial charge in [0.05, 0.1) is 18.6 Å². The number of nitrogens with two attached hydrogens (primary N) is 1. The quantitative estimate of drug-likeness (QED) is 0.703. The Labute approximate surface area is 150 Å². The van der Waals surface area contributed by atoms with E-state index in [-0.39, 0.29) is 36.9 Å². The maximum absolute atomic E-state index is 12.2. The van der Waals surface area contributed by atoms with Gasteiger partial charge in [0, 0.05) is 18.7 Å². The molecule has 1 aromatic rings. The Bertz CT molecular complexity index is 448. The second-order valence-corrected chi connectivity index (χ2v) is 6.38. The molecule has 23 heavy (non-hydrogen) atoms. The second kappa shape index (κ2) is 11.7. The smallest absolute Gasteiger partial charge is 0.223 e. The molecule has 0 aromatic heterocycles. The number of rotatable bonds is 9. The minimum Gasteiger partial charge on any atom is -0.380 e. The maximum Gasteiger partial charge on any atom is 0.223 e. The summed E-state index contributed by atoms with van der Waals surface area (Å²) in [7, 11) is 1.57. The first-order valence-electron chi connectivity index (χ1n) is 7.74. The van der Waals surface area contributed by atoms with Crippen LogP contribution in [0.25, 0.3) is 0 Å². The number of benzene rings is 1. The van der Waals surface area contributed by atoms with E-state index in [2.05, 4.69) is 19.2 Å². The number of carbonyl (C=O) groups excluding carboxylic acids is 1. The predicted octanol–water partition coefficient (Wildman–Crippen LogP) is 3.72. The van der Waals surface area contributed by atoms with Gasteiger partial charge in [0.2, 0.25) is 5.91 Å². The molecule has 0 bridgehead atoms. The maximum atomic E-state index is 12.2. The zero-order chi connectivity index (χ0) is 16.5. The highest BCUT2D eigenvalue weighted by Gasteiger charge is 2.18. The topological polar surface area (TPSA) is 64.3 Å². The summed E-state index contributed by atoms with van der Waals surface area (Å²) in [5.74, 6) is 0.545. The number of halogens is 2. The predicted molar refractivity (Wildman–Crippen MR) is 98.1 cm³/mol. The highest BCUT2D eigenvalue weighted by Crippen LogP contribution is 2.23. The molecule has 3 N–H and O–H groups in total. The zero-order valence-electron chi connectivity index (χ0n) is 14.0. The summed E-state index contributed by atoms with van der Waals surface area (Å²) in [4.78, 5) is 12.2. The van der Waals surface area contributed by atoms with Gasteiger partial charge in [-0.1, -0.05) is 37.6 Å². The van der Waals surface area contributed by atoms with Crippen molar-refractivity contribution >= 4 is 29.9 Å². The molecule has 0 aliphatic carbocycles. The van der Waals surface area contributed by atoms with Crippen molar-refractivity contribution in [1.29, 1.82) is 0 Å². The van der Waals surface area contributed by atoms with E-state index in [1.807, 2.05) is 24.3 Å². The number of carbonyl (C=O) groups is 1. The summed E-state index contributed by atoms with van der Waals surface area (Å²) in [6.07, 6.45) is 1.97. The molecule has 1 amide bonds. The Kier molecular flexibility index (Phi) is 11.3. The standard InChI is InChI=1S/C17H27ClN2O2.ClH/c1-12(2)4-9-16(13-5-7-14(18)8-6-13)20-17(21)10-15(11-19)22-3;/h5-8,12,15-16H,4,9-11,19H2,1-3H3,(H,20,21);1H. The molecule has 4 nitrogen and oxygen atoms in total. The average molecular weight is 363 g/mol. The van der Waals surface area contributed by atoms with Gasteiger partial charge in [-0.15, -0.1) is 12.4 Å². The molecule has 0 saturated carbocycles. The van der Waals surface area contributed by atoms with E-state index in [0.29, 0.717) is 17.5 Å². The van der Waals surface area contributed by atoms with Gasteiger partial charge in [-0.2, -0.15) is 0 Å². The van der Waals surface area contributed by atoms with E-state index < -0.39 is 0 Å². The Balaban J connectivity index is 0.00000484. The molecule has 0 heterocycles. The summed E-state index contributed by atoms with van der Waals surface area (Å²) >= 11 is 5.94. The highest BCUT2D eigenvalue weighted by atomic mass is 35.5. The Morgan fingerprint density at radius 3 is 2.35 bits per heavy atom. The molecule has 2 atom stereocenters. The first-order valence-corrected chi connectivity index (χ1v) is 8.11. The molecular formula is C17H28Cl2N2O2. The molecule has 132 valence electrons. The Morgan fingerprint density at radius 2 is 1.87 bits per heavy atom. The largest absolute Gasteiger partial charge is 0.380 e. The molecule has 0 fully saturated rings. The Morgan fingerprint density at radius 1 is 1.26 bits per heavy atom.